The fourth-order valence-corrected chi connectivity index (χ4v) is 5.41. The highest BCUT2D eigenvalue weighted by molar-refractivity contribution is 5.85. The fourth-order valence-electron chi connectivity index (χ4n) is 5.41. The third-order valence-corrected chi connectivity index (χ3v) is 6.99. The molecule has 0 amide bonds. The number of halogens is 4. The molecule has 2 aliphatic heterocycles. The van der Waals surface area contributed by atoms with Crippen LogP contribution in [0, 0.1) is 17.6 Å². The summed E-state index contributed by atoms with van der Waals surface area (Å²) in [4.78, 5) is 17.6. The topological polar surface area (TPSA) is 39.3 Å². The molecule has 0 spiro atoms. The molecule has 1 fully saturated rings. The molecule has 0 radical (unpaired) electrons. The summed E-state index contributed by atoms with van der Waals surface area (Å²) in [7, 11) is 0. The number of H-pyrrole nitrogens is 1. The Morgan fingerprint density at radius 3 is 2.58 bits per heavy atom. The summed E-state index contributed by atoms with van der Waals surface area (Å²) in [5.74, 6) is -1.71. The quantitative estimate of drug-likeness (QED) is 0.428. The maximum Gasteiger partial charge on any atom is 0.251 e. The first-order valence-electron chi connectivity index (χ1n) is 11.2. The van der Waals surface area contributed by atoms with Gasteiger partial charge in [-0.1, -0.05) is 18.2 Å². The van der Waals surface area contributed by atoms with Crippen LogP contribution in [0.5, 0.6) is 0 Å². The van der Waals surface area contributed by atoms with Crippen molar-refractivity contribution in [2.75, 3.05) is 24.5 Å². The van der Waals surface area contributed by atoms with Crippen LogP contribution in [0.2, 0.25) is 0 Å². The zero-order chi connectivity index (χ0) is 23.3. The van der Waals surface area contributed by atoms with Gasteiger partial charge in [0.2, 0.25) is 0 Å². The summed E-state index contributed by atoms with van der Waals surface area (Å²) in [5.41, 5.74) is 2.41. The van der Waals surface area contributed by atoms with Crippen molar-refractivity contribution < 1.29 is 22.4 Å². The highest BCUT2D eigenvalue weighted by atomic mass is 19.3. The number of nitrogens with zero attached hydrogens (tertiary/aromatic N) is 2. The molecule has 1 unspecified atom stereocenters. The number of nitrogens with one attached hydrogen (secondary N) is 1. The second kappa shape index (κ2) is 8.48. The van der Waals surface area contributed by atoms with Gasteiger partial charge in [-0.05, 0) is 43.5 Å². The van der Waals surface area contributed by atoms with Gasteiger partial charge in [0.15, 0.2) is 0 Å². The van der Waals surface area contributed by atoms with Crippen LogP contribution in [0.4, 0.5) is 23.2 Å². The third kappa shape index (κ3) is 3.80. The predicted molar refractivity (Wildman–Crippen MR) is 119 cm³/mol. The number of carbonyl (C=O) groups is 1. The molecule has 3 heterocycles. The number of alkyl halides is 2. The molecule has 0 saturated carbocycles. The van der Waals surface area contributed by atoms with Gasteiger partial charge < -0.3 is 14.7 Å². The zero-order valence-electron chi connectivity index (χ0n) is 18.2. The van der Waals surface area contributed by atoms with Crippen molar-refractivity contribution in [1.29, 1.82) is 0 Å². The second-order valence-corrected chi connectivity index (χ2v) is 9.06. The molecule has 0 aliphatic carbocycles. The number of fused-ring (bicyclic) bond motifs is 3. The molecule has 4 nitrogen and oxygen atoms in total. The standard InChI is InChI=1S/C25H25F4N3O/c1-14-8-18-17-4-2-3-5-21(17)30-24(18)25(32(14)12-22(28)29)23-19(26)9-16(10-20(23)27)31-7-6-15(11-31)13-33/h2-5,9-10,13-15,22,25,30H,6-8,11-12H2,1H3/t14-,15?,25-/m1/s1. The van der Waals surface area contributed by atoms with Crippen LogP contribution in [-0.4, -0.2) is 48.3 Å². The number of carbonyl (C=O) groups excluding carboxylic acids is 1. The predicted octanol–water partition coefficient (Wildman–Crippen LogP) is 5.07. The van der Waals surface area contributed by atoms with E-state index in [1.165, 1.54) is 17.0 Å². The average molecular weight is 459 g/mol. The van der Waals surface area contributed by atoms with Crippen molar-refractivity contribution >= 4 is 22.9 Å². The van der Waals surface area contributed by atoms with Crippen molar-refractivity contribution in [2.24, 2.45) is 5.92 Å². The van der Waals surface area contributed by atoms with Crippen molar-refractivity contribution in [3.8, 4) is 0 Å². The van der Waals surface area contributed by atoms with Gasteiger partial charge in [-0.15, -0.1) is 0 Å². The first-order valence-corrected chi connectivity index (χ1v) is 11.2. The molecular weight excluding hydrogens is 434 g/mol. The Kier molecular flexibility index (Phi) is 5.64. The Morgan fingerprint density at radius 2 is 1.91 bits per heavy atom. The summed E-state index contributed by atoms with van der Waals surface area (Å²) >= 11 is 0. The Bertz CT molecular complexity index is 1170. The number of hydrogen-bond donors (Lipinski definition) is 1. The van der Waals surface area contributed by atoms with E-state index < -0.39 is 30.6 Å². The number of hydrogen-bond acceptors (Lipinski definition) is 3. The lowest BCUT2D eigenvalue weighted by Gasteiger charge is -2.41. The Hall–Kier alpha value is -2.87. The Labute approximate surface area is 189 Å². The number of aromatic amines is 1. The van der Waals surface area contributed by atoms with Gasteiger partial charge in [-0.2, -0.15) is 0 Å². The average Bonchev–Trinajstić information content (AvgIpc) is 3.40. The first kappa shape index (κ1) is 21.9. The lowest BCUT2D eigenvalue weighted by atomic mass is 9.88. The van der Waals surface area contributed by atoms with Crippen LogP contribution in [0.3, 0.4) is 0 Å². The molecule has 2 aromatic carbocycles. The SMILES string of the molecule is C[C@@H]1Cc2c([nH]c3ccccc23)[C@@H](c2c(F)cc(N3CCC(C=O)C3)cc2F)N1CC(F)F. The van der Waals surface area contributed by atoms with E-state index in [0.29, 0.717) is 37.3 Å². The van der Waals surface area contributed by atoms with Gasteiger partial charge in [0.25, 0.3) is 6.43 Å². The smallest absolute Gasteiger partial charge is 0.251 e. The maximum atomic E-state index is 15.6. The number of anilines is 1. The number of aromatic nitrogens is 1. The van der Waals surface area contributed by atoms with Crippen molar-refractivity contribution in [3.05, 3.63) is 64.9 Å². The van der Waals surface area contributed by atoms with E-state index in [4.69, 9.17) is 0 Å². The molecule has 1 saturated heterocycles. The van der Waals surface area contributed by atoms with Crippen LogP contribution in [0.1, 0.15) is 36.2 Å². The Balaban J connectivity index is 1.63. The maximum absolute atomic E-state index is 15.6. The van der Waals surface area contributed by atoms with Crippen LogP contribution in [-0.2, 0) is 11.2 Å². The molecule has 1 aromatic heterocycles. The van der Waals surface area contributed by atoms with Gasteiger partial charge in [0.1, 0.15) is 17.9 Å². The van der Waals surface area contributed by atoms with Gasteiger partial charge >= 0.3 is 0 Å². The van der Waals surface area contributed by atoms with Crippen LogP contribution in [0.15, 0.2) is 36.4 Å². The minimum absolute atomic E-state index is 0.162. The van der Waals surface area contributed by atoms with Crippen LogP contribution < -0.4 is 4.90 Å². The van der Waals surface area contributed by atoms with Crippen LogP contribution in [0.25, 0.3) is 10.9 Å². The molecule has 8 heteroatoms. The molecular formula is C25H25F4N3O. The highest BCUT2D eigenvalue weighted by Gasteiger charge is 2.40. The fraction of sp³-hybridized carbons (Fsp3) is 0.400. The summed E-state index contributed by atoms with van der Waals surface area (Å²) < 4.78 is 58.2. The van der Waals surface area contributed by atoms with Crippen LogP contribution >= 0.6 is 0 Å². The highest BCUT2D eigenvalue weighted by Crippen LogP contribution is 2.43. The second-order valence-electron chi connectivity index (χ2n) is 9.06. The molecule has 3 aromatic rings. The molecule has 174 valence electrons. The first-order chi connectivity index (χ1) is 15.9. The summed E-state index contributed by atoms with van der Waals surface area (Å²) in [5, 5.41) is 0.940. The van der Waals surface area contributed by atoms with E-state index in [2.05, 4.69) is 4.98 Å². The summed E-state index contributed by atoms with van der Waals surface area (Å²) in [6.45, 7) is 2.17. The molecule has 5 rings (SSSR count). The molecule has 0 bridgehead atoms. The molecule has 1 N–H and O–H groups in total. The number of benzene rings is 2. The molecule has 2 aliphatic rings. The number of rotatable bonds is 5. The normalized spacial score (nSPS) is 23.5. The van der Waals surface area contributed by atoms with Gasteiger partial charge in [-0.25, -0.2) is 17.6 Å². The minimum atomic E-state index is -2.64. The zero-order valence-corrected chi connectivity index (χ0v) is 18.2. The third-order valence-electron chi connectivity index (χ3n) is 6.99. The van der Waals surface area contributed by atoms with E-state index in [9.17, 15) is 13.6 Å². The van der Waals surface area contributed by atoms with E-state index in [0.717, 1.165) is 22.8 Å². The lowest BCUT2D eigenvalue weighted by molar-refractivity contribution is -0.110. The van der Waals surface area contributed by atoms with Gasteiger partial charge in [0, 0.05) is 52.9 Å². The van der Waals surface area contributed by atoms with Gasteiger partial charge in [-0.3, -0.25) is 4.90 Å². The van der Waals surface area contributed by atoms with Crippen molar-refractivity contribution in [2.45, 2.75) is 38.3 Å². The Morgan fingerprint density at radius 1 is 1.18 bits per heavy atom. The summed E-state index contributed by atoms with van der Waals surface area (Å²) in [6, 6.07) is 8.74. The van der Waals surface area contributed by atoms with Crippen molar-refractivity contribution in [1.82, 2.24) is 9.88 Å². The van der Waals surface area contributed by atoms with E-state index in [1.807, 2.05) is 31.2 Å². The molecule has 3 atom stereocenters. The van der Waals surface area contributed by atoms with E-state index in [1.54, 1.807) is 4.90 Å². The largest absolute Gasteiger partial charge is 0.371 e. The monoisotopic (exact) mass is 459 g/mol. The van der Waals surface area contributed by atoms with Gasteiger partial charge in [0.05, 0.1) is 12.6 Å². The lowest BCUT2D eigenvalue weighted by Crippen LogP contribution is -2.45. The van der Waals surface area contributed by atoms with Crippen molar-refractivity contribution in [3.63, 3.8) is 0 Å². The number of aldehydes is 1. The molecule has 33 heavy (non-hydrogen) atoms. The minimum Gasteiger partial charge on any atom is -0.371 e. The summed E-state index contributed by atoms with van der Waals surface area (Å²) in [6.07, 6.45) is -0.638. The van der Waals surface area contributed by atoms with E-state index in [-0.39, 0.29) is 17.5 Å². The van der Waals surface area contributed by atoms with E-state index >= 15 is 8.78 Å². The number of para-hydroxylation sites is 1.